The summed E-state index contributed by atoms with van der Waals surface area (Å²) in [5, 5.41) is 0.708. The Morgan fingerprint density at radius 1 is 1.06 bits per heavy atom. The number of benzene rings is 2. The molecule has 3 rings (SSSR count). The maximum Gasteiger partial charge on any atom is 0.232 e. The fourth-order valence-electron chi connectivity index (χ4n) is 3.39. The summed E-state index contributed by atoms with van der Waals surface area (Å²) < 4.78 is 12.3. The van der Waals surface area contributed by atoms with E-state index in [1.54, 1.807) is 23.3 Å². The molecule has 0 aliphatic rings. The molecule has 0 atom stereocenters. The van der Waals surface area contributed by atoms with E-state index in [2.05, 4.69) is 25.7 Å². The van der Waals surface area contributed by atoms with Crippen molar-refractivity contribution in [1.29, 1.82) is 0 Å². The summed E-state index contributed by atoms with van der Waals surface area (Å²) >= 11 is 1.54. The fraction of sp³-hybridized carbons (Fsp3) is 0.417. The van der Waals surface area contributed by atoms with E-state index in [1.807, 2.05) is 42.5 Å². The van der Waals surface area contributed by atoms with E-state index in [9.17, 15) is 4.79 Å². The van der Waals surface area contributed by atoms with Gasteiger partial charge in [-0.2, -0.15) is 0 Å². The summed E-state index contributed by atoms with van der Waals surface area (Å²) in [5.41, 5.74) is 1.94. The Bertz CT molecular complexity index is 986. The van der Waals surface area contributed by atoms with E-state index in [0.717, 1.165) is 46.9 Å². The number of carbonyl (C=O) groups is 1. The van der Waals surface area contributed by atoms with Gasteiger partial charge in [-0.15, -0.1) is 0 Å². The minimum Gasteiger partial charge on any atom is -0.494 e. The SMILES string of the molecule is CCN(CC)CCN(C(=O)CCOc1ccccc1)c1nc2c(OC)ccc(C)c2s1. The molecule has 166 valence electrons. The average Bonchev–Trinajstić information content (AvgIpc) is 3.24. The van der Waals surface area contributed by atoms with Crippen molar-refractivity contribution in [3.8, 4) is 11.5 Å². The number of aromatic nitrogens is 1. The number of nitrogens with zero attached hydrogens (tertiary/aromatic N) is 3. The summed E-state index contributed by atoms with van der Waals surface area (Å²) in [7, 11) is 1.65. The lowest BCUT2D eigenvalue weighted by atomic mass is 10.2. The monoisotopic (exact) mass is 441 g/mol. The van der Waals surface area contributed by atoms with Gasteiger partial charge in [0.15, 0.2) is 5.13 Å². The number of anilines is 1. The zero-order valence-corrected chi connectivity index (χ0v) is 19.6. The van der Waals surface area contributed by atoms with Crippen LogP contribution in [0.2, 0.25) is 0 Å². The summed E-state index contributed by atoms with van der Waals surface area (Å²) in [6.45, 7) is 9.93. The van der Waals surface area contributed by atoms with E-state index in [4.69, 9.17) is 14.5 Å². The third-order valence-electron chi connectivity index (χ3n) is 5.31. The Morgan fingerprint density at radius 3 is 2.48 bits per heavy atom. The van der Waals surface area contributed by atoms with Gasteiger partial charge in [-0.25, -0.2) is 4.98 Å². The molecular formula is C24H31N3O3S. The lowest BCUT2D eigenvalue weighted by Gasteiger charge is -2.24. The number of fused-ring (bicyclic) bond motifs is 1. The second kappa shape index (κ2) is 11.1. The molecule has 0 N–H and O–H groups in total. The highest BCUT2D eigenvalue weighted by atomic mass is 32.1. The maximum absolute atomic E-state index is 13.2. The lowest BCUT2D eigenvalue weighted by Crippen LogP contribution is -2.39. The first-order valence-corrected chi connectivity index (χ1v) is 11.5. The molecule has 1 amide bonds. The van der Waals surface area contributed by atoms with Crippen molar-refractivity contribution >= 4 is 32.6 Å². The Balaban J connectivity index is 1.81. The summed E-state index contributed by atoms with van der Waals surface area (Å²) in [6.07, 6.45) is 0.291. The van der Waals surface area contributed by atoms with Crippen molar-refractivity contribution in [3.05, 3.63) is 48.0 Å². The number of methoxy groups -OCH3 is 1. The Morgan fingerprint density at radius 2 is 1.81 bits per heavy atom. The van der Waals surface area contributed by atoms with Gasteiger partial charge in [0.2, 0.25) is 5.91 Å². The molecule has 0 radical (unpaired) electrons. The van der Waals surface area contributed by atoms with Crippen molar-refractivity contribution in [2.24, 2.45) is 0 Å². The highest BCUT2D eigenvalue weighted by molar-refractivity contribution is 7.22. The van der Waals surface area contributed by atoms with Crippen molar-refractivity contribution < 1.29 is 14.3 Å². The van der Waals surface area contributed by atoms with Crippen LogP contribution < -0.4 is 14.4 Å². The van der Waals surface area contributed by atoms with E-state index < -0.39 is 0 Å². The number of hydrogen-bond acceptors (Lipinski definition) is 6. The first kappa shape index (κ1) is 23.0. The highest BCUT2D eigenvalue weighted by Gasteiger charge is 2.22. The third-order valence-corrected chi connectivity index (χ3v) is 6.52. The maximum atomic E-state index is 13.2. The molecule has 6 nitrogen and oxygen atoms in total. The van der Waals surface area contributed by atoms with Gasteiger partial charge in [0.25, 0.3) is 0 Å². The number of para-hydroxylation sites is 1. The predicted octanol–water partition coefficient (Wildman–Crippen LogP) is 4.76. The number of carbonyl (C=O) groups excluding carboxylic acids is 1. The van der Waals surface area contributed by atoms with Crippen LogP contribution in [0.5, 0.6) is 11.5 Å². The molecule has 0 bridgehead atoms. The van der Waals surface area contributed by atoms with Crippen LogP contribution in [-0.2, 0) is 4.79 Å². The molecule has 0 spiro atoms. The van der Waals surface area contributed by atoms with Crippen molar-refractivity contribution in [1.82, 2.24) is 9.88 Å². The normalized spacial score (nSPS) is 11.1. The summed E-state index contributed by atoms with van der Waals surface area (Å²) in [6, 6.07) is 13.5. The Labute approximate surface area is 188 Å². The Hall–Kier alpha value is -2.64. The number of thiazole rings is 1. The lowest BCUT2D eigenvalue weighted by molar-refractivity contribution is -0.119. The molecule has 7 heteroatoms. The minimum absolute atomic E-state index is 0.0127. The number of hydrogen-bond donors (Lipinski definition) is 0. The predicted molar refractivity (Wildman–Crippen MR) is 128 cm³/mol. The molecule has 31 heavy (non-hydrogen) atoms. The van der Waals surface area contributed by atoms with Crippen molar-refractivity contribution in [2.75, 3.05) is 44.8 Å². The van der Waals surface area contributed by atoms with E-state index in [-0.39, 0.29) is 5.91 Å². The van der Waals surface area contributed by atoms with Crippen LogP contribution in [-0.4, -0.2) is 55.7 Å². The molecule has 0 fully saturated rings. The van der Waals surface area contributed by atoms with Gasteiger partial charge in [-0.3, -0.25) is 9.69 Å². The number of rotatable bonds is 11. The van der Waals surface area contributed by atoms with E-state index in [0.29, 0.717) is 24.7 Å². The number of likely N-dealkylation sites (N-methyl/N-ethyl adjacent to an activating group) is 1. The zero-order valence-electron chi connectivity index (χ0n) is 18.8. The van der Waals surface area contributed by atoms with Crippen LogP contribution in [0, 0.1) is 6.92 Å². The van der Waals surface area contributed by atoms with Crippen LogP contribution in [0.1, 0.15) is 25.8 Å². The standard InChI is InChI=1S/C24H31N3O3S/c1-5-26(6-2)15-16-27(21(28)14-17-30-19-10-8-7-9-11-19)24-25-22-20(29-4)13-12-18(3)23(22)31-24/h7-13H,5-6,14-17H2,1-4H3. The summed E-state index contributed by atoms with van der Waals surface area (Å²) in [4.78, 5) is 22.1. The van der Waals surface area contributed by atoms with E-state index in [1.165, 1.54) is 0 Å². The molecule has 0 unspecified atom stereocenters. The molecular weight excluding hydrogens is 410 g/mol. The van der Waals surface area contributed by atoms with Crippen molar-refractivity contribution in [2.45, 2.75) is 27.2 Å². The first-order valence-electron chi connectivity index (χ1n) is 10.7. The number of aryl methyl sites for hydroxylation is 1. The van der Waals surface area contributed by atoms with Crippen LogP contribution in [0.15, 0.2) is 42.5 Å². The minimum atomic E-state index is 0.0127. The highest BCUT2D eigenvalue weighted by Crippen LogP contribution is 2.36. The van der Waals surface area contributed by atoms with E-state index >= 15 is 0 Å². The third kappa shape index (κ3) is 5.74. The Kier molecular flexibility index (Phi) is 8.26. The quantitative estimate of drug-likeness (QED) is 0.430. The van der Waals surface area contributed by atoms with Gasteiger partial charge in [-0.1, -0.05) is 49.4 Å². The molecule has 0 saturated carbocycles. The largest absolute Gasteiger partial charge is 0.494 e. The van der Waals surface area contributed by atoms with Gasteiger partial charge in [0.05, 0.1) is 24.8 Å². The second-order valence-corrected chi connectivity index (χ2v) is 8.22. The number of amides is 1. The first-order chi connectivity index (χ1) is 15.1. The zero-order chi connectivity index (χ0) is 22.2. The van der Waals surface area contributed by atoms with Crippen LogP contribution in [0.3, 0.4) is 0 Å². The van der Waals surface area contributed by atoms with Gasteiger partial charge in [0, 0.05) is 13.1 Å². The number of ether oxygens (including phenoxy) is 2. The molecule has 0 saturated heterocycles. The van der Waals surface area contributed by atoms with Crippen molar-refractivity contribution in [3.63, 3.8) is 0 Å². The smallest absolute Gasteiger partial charge is 0.232 e. The molecule has 3 aromatic rings. The van der Waals surface area contributed by atoms with Gasteiger partial charge >= 0.3 is 0 Å². The topological polar surface area (TPSA) is 54.9 Å². The van der Waals surface area contributed by atoms with Crippen LogP contribution >= 0.6 is 11.3 Å². The average molecular weight is 442 g/mol. The van der Waals surface area contributed by atoms with Gasteiger partial charge in [-0.05, 0) is 43.8 Å². The van der Waals surface area contributed by atoms with Crippen LogP contribution in [0.4, 0.5) is 5.13 Å². The van der Waals surface area contributed by atoms with Gasteiger partial charge in [0.1, 0.15) is 17.0 Å². The fourth-order valence-corrected chi connectivity index (χ4v) is 4.49. The summed E-state index contributed by atoms with van der Waals surface area (Å²) in [5.74, 6) is 1.51. The molecule has 2 aromatic carbocycles. The molecule has 1 heterocycles. The van der Waals surface area contributed by atoms with Gasteiger partial charge < -0.3 is 14.4 Å². The van der Waals surface area contributed by atoms with Crippen LogP contribution in [0.25, 0.3) is 10.2 Å². The molecule has 1 aromatic heterocycles. The molecule has 0 aliphatic carbocycles. The second-order valence-electron chi connectivity index (χ2n) is 7.24. The molecule has 0 aliphatic heterocycles.